The van der Waals surface area contributed by atoms with Crippen molar-refractivity contribution in [2.24, 2.45) is 4.99 Å². The maximum atomic E-state index is 9.46. The fraction of sp³-hybridized carbons (Fsp3) is 0.364. The summed E-state index contributed by atoms with van der Waals surface area (Å²) in [5.74, 6) is 1.31. The lowest BCUT2D eigenvalue weighted by molar-refractivity contribution is 0.475. The van der Waals surface area contributed by atoms with E-state index in [1.807, 2.05) is 18.0 Å². The second-order valence-corrected chi connectivity index (χ2v) is 3.92. The second-order valence-electron chi connectivity index (χ2n) is 3.92. The molecule has 3 rings (SSSR count). The molecule has 2 heterocycles. The molecular formula is C11H13N3O. The van der Waals surface area contributed by atoms with E-state index in [0.717, 1.165) is 36.8 Å². The number of anilines is 2. The molecule has 0 amide bonds. The summed E-state index contributed by atoms with van der Waals surface area (Å²) in [6, 6.07) is 5.47. The number of nitrogens with zero attached hydrogens (tertiary/aromatic N) is 3. The number of phenols is 1. The molecule has 4 heteroatoms. The normalized spacial score (nSPS) is 18.6. The van der Waals surface area contributed by atoms with Crippen LogP contribution in [0.5, 0.6) is 5.75 Å². The second kappa shape index (κ2) is 2.89. The van der Waals surface area contributed by atoms with Gasteiger partial charge < -0.3 is 14.9 Å². The van der Waals surface area contributed by atoms with Gasteiger partial charge in [-0.25, -0.2) is 0 Å². The minimum Gasteiger partial charge on any atom is -0.508 e. The summed E-state index contributed by atoms with van der Waals surface area (Å²) in [5.41, 5.74) is 2.18. The van der Waals surface area contributed by atoms with Gasteiger partial charge in [-0.2, -0.15) is 0 Å². The molecule has 2 aliphatic heterocycles. The summed E-state index contributed by atoms with van der Waals surface area (Å²) >= 11 is 0. The van der Waals surface area contributed by atoms with Gasteiger partial charge in [-0.15, -0.1) is 0 Å². The zero-order valence-corrected chi connectivity index (χ0v) is 8.64. The number of rotatable bonds is 0. The Kier molecular flexibility index (Phi) is 1.65. The molecule has 0 fully saturated rings. The molecule has 0 bridgehead atoms. The summed E-state index contributed by atoms with van der Waals surface area (Å²) in [4.78, 5) is 8.75. The standard InChI is InChI=1S/C11H13N3O/c1-13-10-7-8(15)3-4-9(10)14-6-2-5-12-11(13)14/h3-4,7,15H,2,5-6H2,1H3. The van der Waals surface area contributed by atoms with Crippen LogP contribution in [0.2, 0.25) is 0 Å². The summed E-state index contributed by atoms with van der Waals surface area (Å²) in [6.07, 6.45) is 1.09. The largest absolute Gasteiger partial charge is 0.508 e. The Morgan fingerprint density at radius 3 is 3.07 bits per heavy atom. The minimum atomic E-state index is 0.307. The zero-order chi connectivity index (χ0) is 10.4. The first-order valence-electron chi connectivity index (χ1n) is 5.16. The summed E-state index contributed by atoms with van der Waals surface area (Å²) in [5, 5.41) is 9.46. The highest BCUT2D eigenvalue weighted by atomic mass is 16.3. The molecule has 0 saturated carbocycles. The van der Waals surface area contributed by atoms with Crippen LogP contribution in [0.1, 0.15) is 6.42 Å². The highest BCUT2D eigenvalue weighted by Crippen LogP contribution is 2.39. The van der Waals surface area contributed by atoms with Crippen molar-refractivity contribution < 1.29 is 5.11 Å². The highest BCUT2D eigenvalue weighted by Gasteiger charge is 2.31. The molecule has 78 valence electrons. The van der Waals surface area contributed by atoms with E-state index >= 15 is 0 Å². The molecule has 0 atom stereocenters. The maximum Gasteiger partial charge on any atom is 0.205 e. The average molecular weight is 203 g/mol. The van der Waals surface area contributed by atoms with Gasteiger partial charge >= 0.3 is 0 Å². The molecule has 0 saturated heterocycles. The van der Waals surface area contributed by atoms with Gasteiger partial charge in [0.2, 0.25) is 5.96 Å². The topological polar surface area (TPSA) is 39.1 Å². The Balaban J connectivity index is 2.16. The molecule has 1 aromatic carbocycles. The molecule has 1 N–H and O–H groups in total. The number of aliphatic imine (C=N–C) groups is 1. The minimum absolute atomic E-state index is 0.307. The first kappa shape index (κ1) is 8.59. The lowest BCUT2D eigenvalue weighted by Gasteiger charge is -2.24. The Labute approximate surface area is 88.5 Å². The van der Waals surface area contributed by atoms with E-state index in [1.165, 1.54) is 0 Å². The number of guanidine groups is 1. The van der Waals surface area contributed by atoms with Crippen LogP contribution in [-0.2, 0) is 0 Å². The van der Waals surface area contributed by atoms with Crippen molar-refractivity contribution >= 4 is 17.3 Å². The molecule has 15 heavy (non-hydrogen) atoms. The number of fused-ring (bicyclic) bond motifs is 3. The van der Waals surface area contributed by atoms with Crippen molar-refractivity contribution in [1.29, 1.82) is 0 Å². The predicted molar refractivity (Wildman–Crippen MR) is 60.8 cm³/mol. The van der Waals surface area contributed by atoms with Gasteiger partial charge in [-0.1, -0.05) is 0 Å². The monoisotopic (exact) mass is 203 g/mol. The van der Waals surface area contributed by atoms with E-state index in [0.29, 0.717) is 5.75 Å². The number of hydrogen-bond acceptors (Lipinski definition) is 4. The van der Waals surface area contributed by atoms with Gasteiger partial charge in [0.1, 0.15) is 5.75 Å². The smallest absolute Gasteiger partial charge is 0.205 e. The van der Waals surface area contributed by atoms with Gasteiger partial charge in [0.05, 0.1) is 11.4 Å². The van der Waals surface area contributed by atoms with E-state index in [1.54, 1.807) is 12.1 Å². The first-order valence-corrected chi connectivity index (χ1v) is 5.16. The lowest BCUT2D eigenvalue weighted by atomic mass is 10.2. The van der Waals surface area contributed by atoms with E-state index < -0.39 is 0 Å². The third kappa shape index (κ3) is 1.11. The molecule has 0 radical (unpaired) electrons. The molecule has 2 aliphatic rings. The molecule has 1 aromatic rings. The third-order valence-corrected chi connectivity index (χ3v) is 2.95. The van der Waals surface area contributed by atoms with Crippen LogP contribution in [0.15, 0.2) is 23.2 Å². The summed E-state index contributed by atoms with van der Waals surface area (Å²) in [6.45, 7) is 1.91. The number of hydrogen-bond donors (Lipinski definition) is 1. The predicted octanol–water partition coefficient (Wildman–Crippen LogP) is 1.41. The molecule has 0 aliphatic carbocycles. The first-order chi connectivity index (χ1) is 7.27. The zero-order valence-electron chi connectivity index (χ0n) is 8.64. The third-order valence-electron chi connectivity index (χ3n) is 2.95. The van der Waals surface area contributed by atoms with Crippen LogP contribution < -0.4 is 9.80 Å². The SMILES string of the molecule is CN1C2=NCCCN2c2ccc(O)cc21. The molecular weight excluding hydrogens is 190 g/mol. The van der Waals surface area contributed by atoms with Crippen molar-refractivity contribution in [2.75, 3.05) is 29.9 Å². The van der Waals surface area contributed by atoms with Crippen LogP contribution in [0.25, 0.3) is 0 Å². The van der Waals surface area contributed by atoms with E-state index in [2.05, 4.69) is 9.89 Å². The van der Waals surface area contributed by atoms with Crippen LogP contribution in [0.3, 0.4) is 0 Å². The van der Waals surface area contributed by atoms with Crippen molar-refractivity contribution in [2.45, 2.75) is 6.42 Å². The number of benzene rings is 1. The molecule has 0 unspecified atom stereocenters. The van der Waals surface area contributed by atoms with Crippen molar-refractivity contribution in [3.63, 3.8) is 0 Å². The molecule has 0 spiro atoms. The van der Waals surface area contributed by atoms with Crippen molar-refractivity contribution in [3.8, 4) is 5.75 Å². The number of aromatic hydroxyl groups is 1. The quantitative estimate of drug-likeness (QED) is 0.693. The maximum absolute atomic E-state index is 9.46. The Morgan fingerprint density at radius 1 is 1.33 bits per heavy atom. The van der Waals surface area contributed by atoms with Crippen molar-refractivity contribution in [1.82, 2.24) is 0 Å². The van der Waals surface area contributed by atoms with Crippen molar-refractivity contribution in [3.05, 3.63) is 18.2 Å². The van der Waals surface area contributed by atoms with Gasteiger partial charge in [0, 0.05) is 26.2 Å². The fourth-order valence-electron chi connectivity index (χ4n) is 2.23. The van der Waals surface area contributed by atoms with E-state index in [9.17, 15) is 5.11 Å². The Bertz CT molecular complexity index is 441. The molecule has 4 nitrogen and oxygen atoms in total. The Hall–Kier alpha value is -1.71. The fourth-order valence-corrected chi connectivity index (χ4v) is 2.23. The van der Waals surface area contributed by atoms with Gasteiger partial charge in [0.15, 0.2) is 0 Å². The van der Waals surface area contributed by atoms with E-state index in [4.69, 9.17) is 0 Å². The van der Waals surface area contributed by atoms with Crippen LogP contribution in [-0.4, -0.2) is 31.2 Å². The average Bonchev–Trinajstić information content (AvgIpc) is 2.54. The van der Waals surface area contributed by atoms with E-state index in [-0.39, 0.29) is 0 Å². The Morgan fingerprint density at radius 2 is 2.20 bits per heavy atom. The molecule has 0 aromatic heterocycles. The lowest BCUT2D eigenvalue weighted by Crippen LogP contribution is -2.39. The van der Waals surface area contributed by atoms with Crippen LogP contribution >= 0.6 is 0 Å². The summed E-state index contributed by atoms with van der Waals surface area (Å²) < 4.78 is 0. The number of phenolic OH excluding ortho intramolecular Hbond substituents is 1. The van der Waals surface area contributed by atoms with Crippen LogP contribution in [0, 0.1) is 0 Å². The van der Waals surface area contributed by atoms with Crippen LogP contribution in [0.4, 0.5) is 11.4 Å². The summed E-state index contributed by atoms with van der Waals surface area (Å²) in [7, 11) is 1.99. The van der Waals surface area contributed by atoms with Gasteiger partial charge in [-0.3, -0.25) is 4.99 Å². The van der Waals surface area contributed by atoms with Gasteiger partial charge in [-0.05, 0) is 18.6 Å². The van der Waals surface area contributed by atoms with Gasteiger partial charge in [0.25, 0.3) is 0 Å². The highest BCUT2D eigenvalue weighted by molar-refractivity contribution is 6.16.